The summed E-state index contributed by atoms with van der Waals surface area (Å²) >= 11 is 0. The van der Waals surface area contributed by atoms with Crippen LogP contribution in [0.5, 0.6) is 0 Å². The molecule has 1 aliphatic heterocycles. The van der Waals surface area contributed by atoms with Crippen LogP contribution in [-0.4, -0.2) is 34.3 Å². The number of carbonyl (C=O) groups excluding carboxylic acids is 1. The molecule has 0 bridgehead atoms. The van der Waals surface area contributed by atoms with Gasteiger partial charge in [0, 0.05) is 24.5 Å². The van der Waals surface area contributed by atoms with Crippen LogP contribution >= 0.6 is 0 Å². The highest BCUT2D eigenvalue weighted by atomic mass is 16.5. The average Bonchev–Trinajstić information content (AvgIpc) is 2.72. The number of aromatic amines is 1. The average molecular weight is 419 g/mol. The normalized spacial score (nSPS) is 26.9. The summed E-state index contributed by atoms with van der Waals surface area (Å²) in [5.74, 6) is 1.48. The molecule has 1 saturated carbocycles. The van der Waals surface area contributed by atoms with E-state index >= 15 is 0 Å². The van der Waals surface area contributed by atoms with Crippen LogP contribution in [-0.2, 0) is 9.53 Å². The Balaban J connectivity index is 1.67. The Morgan fingerprint density at radius 2 is 1.83 bits per heavy atom. The maximum atomic E-state index is 13.2. The summed E-state index contributed by atoms with van der Waals surface area (Å²) in [6.07, 6.45) is 6.15. The van der Waals surface area contributed by atoms with E-state index in [4.69, 9.17) is 4.74 Å². The Morgan fingerprint density at radius 3 is 2.37 bits per heavy atom. The van der Waals surface area contributed by atoms with Gasteiger partial charge in [0.2, 0.25) is 5.91 Å². The molecule has 1 aliphatic carbocycles. The van der Waals surface area contributed by atoms with Gasteiger partial charge in [0.05, 0.1) is 6.04 Å². The lowest BCUT2D eigenvalue weighted by atomic mass is 9.64. The first-order valence-electron chi connectivity index (χ1n) is 11.5. The zero-order chi connectivity index (χ0) is 21.9. The standard InChI is InChI=1S/C23H38N4O3/c1-6-17(18-20(28)25-19(27-26-18)15-9-13-30-14-10-15)24-21(29)23(5)11-7-16(8-12-23)22(2,3)4/h15-17H,6-14H2,1-5H3,(H,24,29)(H,25,27,28)/t16-,17?,23+. The Hall–Kier alpha value is -1.76. The number of nitrogens with one attached hydrogen (secondary N) is 2. The van der Waals surface area contributed by atoms with E-state index in [1.807, 2.05) is 6.92 Å². The van der Waals surface area contributed by atoms with Crippen molar-refractivity contribution in [3.8, 4) is 0 Å². The second kappa shape index (κ2) is 9.16. The molecular formula is C23H38N4O3. The molecule has 2 aliphatic rings. The van der Waals surface area contributed by atoms with Crippen LogP contribution in [0.4, 0.5) is 0 Å². The van der Waals surface area contributed by atoms with Crippen LogP contribution in [0, 0.1) is 16.7 Å². The summed E-state index contributed by atoms with van der Waals surface area (Å²) in [6, 6.07) is -0.422. The van der Waals surface area contributed by atoms with E-state index in [0.717, 1.165) is 38.5 Å². The van der Waals surface area contributed by atoms with Gasteiger partial charge < -0.3 is 15.0 Å². The molecule has 0 radical (unpaired) electrons. The van der Waals surface area contributed by atoms with Crippen LogP contribution < -0.4 is 10.9 Å². The summed E-state index contributed by atoms with van der Waals surface area (Å²) < 4.78 is 5.38. The predicted molar refractivity (Wildman–Crippen MR) is 116 cm³/mol. The van der Waals surface area contributed by atoms with Gasteiger partial charge >= 0.3 is 0 Å². The van der Waals surface area contributed by atoms with Gasteiger partial charge in [0.1, 0.15) is 5.82 Å². The minimum Gasteiger partial charge on any atom is -0.381 e. The van der Waals surface area contributed by atoms with E-state index < -0.39 is 11.5 Å². The topological polar surface area (TPSA) is 97.0 Å². The molecule has 3 rings (SSSR count). The largest absolute Gasteiger partial charge is 0.381 e. The fraction of sp³-hybridized carbons (Fsp3) is 0.826. The van der Waals surface area contributed by atoms with Crippen molar-refractivity contribution in [2.75, 3.05) is 13.2 Å². The first-order valence-corrected chi connectivity index (χ1v) is 11.5. The Morgan fingerprint density at radius 1 is 1.20 bits per heavy atom. The molecule has 2 heterocycles. The number of nitrogens with zero attached hydrogens (tertiary/aromatic N) is 2. The number of hydrogen-bond acceptors (Lipinski definition) is 5. The zero-order valence-electron chi connectivity index (χ0n) is 19.2. The number of H-pyrrole nitrogens is 1. The van der Waals surface area contributed by atoms with Crippen LogP contribution in [0.15, 0.2) is 4.79 Å². The third kappa shape index (κ3) is 5.10. The fourth-order valence-corrected chi connectivity index (χ4v) is 4.79. The van der Waals surface area contributed by atoms with Crippen LogP contribution in [0.2, 0.25) is 0 Å². The monoisotopic (exact) mass is 418 g/mol. The van der Waals surface area contributed by atoms with Crippen molar-refractivity contribution in [3.05, 3.63) is 21.9 Å². The maximum absolute atomic E-state index is 13.2. The maximum Gasteiger partial charge on any atom is 0.275 e. The molecule has 7 nitrogen and oxygen atoms in total. The van der Waals surface area contributed by atoms with Gasteiger partial charge in [-0.1, -0.05) is 34.6 Å². The molecule has 2 N–H and O–H groups in total. The molecule has 2 fully saturated rings. The molecule has 30 heavy (non-hydrogen) atoms. The molecular weight excluding hydrogens is 380 g/mol. The van der Waals surface area contributed by atoms with E-state index in [1.54, 1.807) is 0 Å². The summed E-state index contributed by atoms with van der Waals surface area (Å²) in [6.45, 7) is 12.2. The van der Waals surface area contributed by atoms with E-state index in [1.165, 1.54) is 0 Å². The van der Waals surface area contributed by atoms with E-state index in [-0.39, 0.29) is 22.8 Å². The third-order valence-corrected chi connectivity index (χ3v) is 7.25. The highest BCUT2D eigenvalue weighted by Crippen LogP contribution is 2.45. The molecule has 0 spiro atoms. The fourth-order valence-electron chi connectivity index (χ4n) is 4.79. The lowest BCUT2D eigenvalue weighted by Gasteiger charge is -2.41. The lowest BCUT2D eigenvalue weighted by molar-refractivity contribution is -0.133. The van der Waals surface area contributed by atoms with Crippen molar-refractivity contribution >= 4 is 5.91 Å². The highest BCUT2D eigenvalue weighted by molar-refractivity contribution is 5.82. The predicted octanol–water partition coefficient (Wildman–Crippen LogP) is 3.87. The van der Waals surface area contributed by atoms with Gasteiger partial charge in [0.15, 0.2) is 5.69 Å². The van der Waals surface area contributed by atoms with Crippen LogP contribution in [0.3, 0.4) is 0 Å². The number of amides is 1. The van der Waals surface area contributed by atoms with Gasteiger partial charge in [-0.15, -0.1) is 10.2 Å². The van der Waals surface area contributed by atoms with Crippen LogP contribution in [0.1, 0.15) is 103 Å². The van der Waals surface area contributed by atoms with Crippen molar-refractivity contribution in [2.45, 2.75) is 91.5 Å². The molecule has 1 aromatic rings. The molecule has 168 valence electrons. The van der Waals surface area contributed by atoms with Gasteiger partial charge in [-0.05, 0) is 56.3 Å². The number of hydrogen-bond donors (Lipinski definition) is 2. The number of rotatable bonds is 5. The van der Waals surface area contributed by atoms with E-state index in [0.29, 0.717) is 37.1 Å². The Labute approximate surface area is 179 Å². The Kier molecular flexibility index (Phi) is 7.00. The lowest BCUT2D eigenvalue weighted by Crippen LogP contribution is -2.45. The molecule has 1 unspecified atom stereocenters. The summed E-state index contributed by atoms with van der Waals surface area (Å²) in [4.78, 5) is 28.8. The van der Waals surface area contributed by atoms with E-state index in [2.05, 4.69) is 48.2 Å². The van der Waals surface area contributed by atoms with Crippen molar-refractivity contribution in [1.29, 1.82) is 0 Å². The number of aromatic nitrogens is 3. The van der Waals surface area contributed by atoms with E-state index in [9.17, 15) is 9.59 Å². The van der Waals surface area contributed by atoms with Gasteiger partial charge in [0.25, 0.3) is 5.56 Å². The minimum atomic E-state index is -0.422. The molecule has 1 saturated heterocycles. The summed E-state index contributed by atoms with van der Waals surface area (Å²) in [5, 5.41) is 11.6. The van der Waals surface area contributed by atoms with Gasteiger partial charge in [-0.2, -0.15) is 0 Å². The Bertz CT molecular complexity index is 784. The first-order chi connectivity index (χ1) is 14.1. The summed E-state index contributed by atoms with van der Waals surface area (Å²) in [7, 11) is 0. The van der Waals surface area contributed by atoms with Crippen molar-refractivity contribution in [3.63, 3.8) is 0 Å². The molecule has 1 aromatic heterocycles. The smallest absolute Gasteiger partial charge is 0.275 e. The third-order valence-electron chi connectivity index (χ3n) is 7.25. The van der Waals surface area contributed by atoms with Crippen molar-refractivity contribution < 1.29 is 9.53 Å². The second-order valence-corrected chi connectivity index (χ2v) is 10.4. The van der Waals surface area contributed by atoms with Crippen molar-refractivity contribution in [2.24, 2.45) is 16.7 Å². The molecule has 1 amide bonds. The SMILES string of the molecule is CCC(NC(=O)[C@]1(C)CC[C@H](C(C)(C)C)CC1)c1nnc(C2CCOCC2)[nH]c1=O. The zero-order valence-corrected chi connectivity index (χ0v) is 19.2. The number of ether oxygens (including phenoxy) is 1. The highest BCUT2D eigenvalue weighted by Gasteiger charge is 2.41. The molecule has 1 atom stereocenters. The van der Waals surface area contributed by atoms with Crippen LogP contribution in [0.25, 0.3) is 0 Å². The quantitative estimate of drug-likeness (QED) is 0.756. The van der Waals surface area contributed by atoms with Crippen molar-refractivity contribution in [1.82, 2.24) is 20.5 Å². The summed E-state index contributed by atoms with van der Waals surface area (Å²) in [5.41, 5.74) is -0.0650. The number of carbonyl (C=O) groups is 1. The minimum absolute atomic E-state index is 0.0245. The van der Waals surface area contributed by atoms with Gasteiger partial charge in [-0.25, -0.2) is 0 Å². The molecule has 0 aromatic carbocycles. The first kappa shape index (κ1) is 22.9. The molecule has 7 heteroatoms. The second-order valence-electron chi connectivity index (χ2n) is 10.4. The van der Waals surface area contributed by atoms with Gasteiger partial charge in [-0.3, -0.25) is 9.59 Å².